The van der Waals surface area contributed by atoms with Crippen molar-refractivity contribution < 1.29 is 13.9 Å². The molecular weight excluding hydrogens is 395 g/mol. The summed E-state index contributed by atoms with van der Waals surface area (Å²) in [6.45, 7) is 6.38. The molecule has 0 bridgehead atoms. The summed E-state index contributed by atoms with van der Waals surface area (Å²) in [5.41, 5.74) is 1.65. The quantitative estimate of drug-likeness (QED) is 0.736. The van der Waals surface area contributed by atoms with E-state index in [4.69, 9.17) is 9.72 Å². The number of ether oxygens (including phenoxy) is 1. The molecule has 1 saturated heterocycles. The molecule has 1 spiro atoms. The highest BCUT2D eigenvalue weighted by atomic mass is 19.1. The van der Waals surface area contributed by atoms with Gasteiger partial charge in [0.25, 0.3) is 5.91 Å². The van der Waals surface area contributed by atoms with E-state index in [1.54, 1.807) is 24.0 Å². The summed E-state index contributed by atoms with van der Waals surface area (Å²) in [5.74, 6) is 1.17. The summed E-state index contributed by atoms with van der Waals surface area (Å²) in [6.07, 6.45) is 6.07. The third-order valence-electron chi connectivity index (χ3n) is 7.03. The zero-order chi connectivity index (χ0) is 21.6. The maximum absolute atomic E-state index is 14.3. The van der Waals surface area contributed by atoms with Gasteiger partial charge in [-0.1, -0.05) is 12.1 Å². The van der Waals surface area contributed by atoms with Gasteiger partial charge in [0.15, 0.2) is 0 Å². The maximum atomic E-state index is 14.3. The van der Waals surface area contributed by atoms with Crippen LogP contribution in [0.4, 0.5) is 4.39 Å². The molecule has 0 N–H and O–H groups in total. The average molecular weight is 427 g/mol. The van der Waals surface area contributed by atoms with Gasteiger partial charge in [-0.15, -0.1) is 0 Å². The van der Waals surface area contributed by atoms with E-state index in [9.17, 15) is 9.18 Å². The van der Waals surface area contributed by atoms with Crippen LogP contribution < -0.4 is 0 Å². The second kappa shape index (κ2) is 8.02. The molecule has 7 heteroatoms. The molecule has 0 atom stereocenters. The molecule has 1 aliphatic carbocycles. The second-order valence-electron chi connectivity index (χ2n) is 9.43. The van der Waals surface area contributed by atoms with Crippen molar-refractivity contribution in [3.8, 4) is 0 Å². The van der Waals surface area contributed by atoms with Gasteiger partial charge in [-0.3, -0.25) is 4.79 Å². The van der Waals surface area contributed by atoms with Crippen LogP contribution in [0.5, 0.6) is 0 Å². The SMILES string of the molecule is Cc1cccc(F)c1C(=O)N1CCC2(CC1)OCCn1c(CN(C)CC3CC3)cnc12. The number of aryl methyl sites for hydroxylation is 1. The largest absolute Gasteiger partial charge is 0.365 e. The zero-order valence-electron chi connectivity index (χ0n) is 18.4. The Kier molecular flexibility index (Phi) is 5.34. The molecule has 2 aliphatic heterocycles. The number of halogens is 1. The molecule has 6 nitrogen and oxygen atoms in total. The number of likely N-dealkylation sites (tertiary alicyclic amines) is 1. The Hall–Kier alpha value is -2.25. The first-order chi connectivity index (χ1) is 15.0. The first kappa shape index (κ1) is 20.6. The van der Waals surface area contributed by atoms with Crippen LogP contribution in [-0.4, -0.2) is 58.5 Å². The highest BCUT2D eigenvalue weighted by molar-refractivity contribution is 5.96. The monoisotopic (exact) mass is 426 g/mol. The summed E-state index contributed by atoms with van der Waals surface area (Å²) in [4.78, 5) is 21.9. The third-order valence-corrected chi connectivity index (χ3v) is 7.03. The highest BCUT2D eigenvalue weighted by Gasteiger charge is 2.44. The van der Waals surface area contributed by atoms with E-state index in [0.29, 0.717) is 38.1 Å². The lowest BCUT2D eigenvalue weighted by molar-refractivity contribution is -0.112. The summed E-state index contributed by atoms with van der Waals surface area (Å²) >= 11 is 0. The molecular formula is C24H31FN4O2. The molecule has 2 fully saturated rings. The van der Waals surface area contributed by atoms with Crippen LogP contribution in [0.15, 0.2) is 24.4 Å². The van der Waals surface area contributed by atoms with Gasteiger partial charge in [0.05, 0.1) is 17.9 Å². The summed E-state index contributed by atoms with van der Waals surface area (Å²) in [5, 5.41) is 0. The number of fused-ring (bicyclic) bond motifs is 2. The topological polar surface area (TPSA) is 50.6 Å². The maximum Gasteiger partial charge on any atom is 0.257 e. The van der Waals surface area contributed by atoms with E-state index in [2.05, 4.69) is 16.5 Å². The fourth-order valence-corrected chi connectivity index (χ4v) is 5.13. The first-order valence-corrected chi connectivity index (χ1v) is 11.4. The molecule has 1 amide bonds. The third kappa shape index (κ3) is 3.89. The van der Waals surface area contributed by atoms with Crippen LogP contribution in [0.1, 0.15) is 53.1 Å². The van der Waals surface area contributed by atoms with Crippen LogP contribution in [0.3, 0.4) is 0 Å². The van der Waals surface area contributed by atoms with Crippen molar-refractivity contribution in [2.45, 2.75) is 51.3 Å². The van der Waals surface area contributed by atoms with Crippen molar-refractivity contribution in [3.05, 3.63) is 52.9 Å². The molecule has 3 heterocycles. The van der Waals surface area contributed by atoms with E-state index >= 15 is 0 Å². The Bertz CT molecular complexity index is 956. The average Bonchev–Trinajstić information content (AvgIpc) is 3.46. The molecule has 31 heavy (non-hydrogen) atoms. The van der Waals surface area contributed by atoms with Gasteiger partial charge in [0, 0.05) is 51.8 Å². The number of carbonyl (C=O) groups is 1. The van der Waals surface area contributed by atoms with Gasteiger partial charge in [-0.05, 0) is 44.4 Å². The smallest absolute Gasteiger partial charge is 0.257 e. The number of hydrogen-bond donors (Lipinski definition) is 0. The number of piperidine rings is 1. The highest BCUT2D eigenvalue weighted by Crippen LogP contribution is 2.39. The van der Waals surface area contributed by atoms with Crippen molar-refractivity contribution in [3.63, 3.8) is 0 Å². The van der Waals surface area contributed by atoms with E-state index in [1.807, 2.05) is 6.20 Å². The molecule has 166 valence electrons. The summed E-state index contributed by atoms with van der Waals surface area (Å²) in [6, 6.07) is 4.78. The predicted octanol–water partition coefficient (Wildman–Crippen LogP) is 3.33. The lowest BCUT2D eigenvalue weighted by Gasteiger charge is -2.43. The number of imidazole rings is 1. The van der Waals surface area contributed by atoms with E-state index in [0.717, 1.165) is 31.4 Å². The van der Waals surface area contributed by atoms with Crippen molar-refractivity contribution in [1.82, 2.24) is 19.4 Å². The van der Waals surface area contributed by atoms with Gasteiger partial charge in [0.1, 0.15) is 17.2 Å². The second-order valence-corrected chi connectivity index (χ2v) is 9.43. The lowest BCUT2D eigenvalue weighted by Crippen LogP contribution is -2.50. The normalized spacial score (nSPS) is 20.3. The zero-order valence-corrected chi connectivity index (χ0v) is 18.4. The van der Waals surface area contributed by atoms with Crippen LogP contribution in [0.2, 0.25) is 0 Å². The number of benzene rings is 1. The number of carbonyl (C=O) groups excluding carboxylic acids is 1. The number of amides is 1. The van der Waals surface area contributed by atoms with Crippen molar-refractivity contribution in [1.29, 1.82) is 0 Å². The van der Waals surface area contributed by atoms with E-state index < -0.39 is 11.4 Å². The summed E-state index contributed by atoms with van der Waals surface area (Å²) in [7, 11) is 2.18. The molecule has 1 aromatic carbocycles. The van der Waals surface area contributed by atoms with Gasteiger partial charge in [-0.25, -0.2) is 9.37 Å². The van der Waals surface area contributed by atoms with Crippen LogP contribution in [0.25, 0.3) is 0 Å². The first-order valence-electron chi connectivity index (χ1n) is 11.4. The van der Waals surface area contributed by atoms with Crippen LogP contribution in [-0.2, 0) is 23.4 Å². The van der Waals surface area contributed by atoms with Crippen LogP contribution in [0, 0.1) is 18.7 Å². The number of rotatable bonds is 5. The molecule has 2 aromatic rings. The molecule has 0 radical (unpaired) electrons. The fourth-order valence-electron chi connectivity index (χ4n) is 5.13. The minimum absolute atomic E-state index is 0.186. The number of hydrogen-bond acceptors (Lipinski definition) is 4. The Labute approximate surface area is 183 Å². The Morgan fingerprint density at radius 2 is 2.06 bits per heavy atom. The van der Waals surface area contributed by atoms with Crippen LogP contribution >= 0.6 is 0 Å². The molecule has 0 unspecified atom stereocenters. The van der Waals surface area contributed by atoms with Crippen molar-refractivity contribution in [2.24, 2.45) is 5.92 Å². The lowest BCUT2D eigenvalue weighted by atomic mass is 9.88. The Morgan fingerprint density at radius 3 is 2.77 bits per heavy atom. The summed E-state index contributed by atoms with van der Waals surface area (Å²) < 4.78 is 22.9. The standard InChI is InChI=1S/C24H31FN4O2/c1-17-4-3-5-20(25)21(17)22(30)28-10-8-24(9-11-28)23-26-14-19(29(23)12-13-31-24)16-27(2)15-18-6-7-18/h3-5,14,18H,6-13,15-16H2,1-2H3. The van der Waals surface area contributed by atoms with Crippen molar-refractivity contribution >= 4 is 5.91 Å². The van der Waals surface area contributed by atoms with Gasteiger partial charge in [0.2, 0.25) is 0 Å². The van der Waals surface area contributed by atoms with Gasteiger partial charge >= 0.3 is 0 Å². The molecule has 1 aromatic heterocycles. The molecule has 3 aliphatic rings. The minimum atomic E-state index is -0.452. The van der Waals surface area contributed by atoms with Crippen molar-refractivity contribution in [2.75, 3.05) is 33.3 Å². The Morgan fingerprint density at radius 1 is 1.29 bits per heavy atom. The molecule has 1 saturated carbocycles. The number of aromatic nitrogens is 2. The van der Waals surface area contributed by atoms with Gasteiger partial charge < -0.3 is 19.1 Å². The molecule has 5 rings (SSSR count). The van der Waals surface area contributed by atoms with E-state index in [-0.39, 0.29) is 11.5 Å². The minimum Gasteiger partial charge on any atom is -0.365 e. The van der Waals surface area contributed by atoms with Gasteiger partial charge in [-0.2, -0.15) is 0 Å². The Balaban J connectivity index is 1.30. The number of nitrogens with zero attached hydrogens (tertiary/aromatic N) is 4. The fraction of sp³-hybridized carbons (Fsp3) is 0.583. The van der Waals surface area contributed by atoms with E-state index in [1.165, 1.54) is 24.6 Å². The predicted molar refractivity (Wildman–Crippen MR) is 115 cm³/mol.